The molecule has 2 aromatic rings. The van der Waals surface area contributed by atoms with E-state index in [9.17, 15) is 8.42 Å². The second-order valence-electron chi connectivity index (χ2n) is 7.12. The fourth-order valence-corrected chi connectivity index (χ4v) is 5.25. The number of sulfonamides is 1. The Kier molecular flexibility index (Phi) is 4.79. The van der Waals surface area contributed by atoms with Crippen molar-refractivity contribution < 1.29 is 13.2 Å². The Balaban J connectivity index is 1.37. The number of rotatable bonds is 4. The molecule has 144 valence electrons. The Morgan fingerprint density at radius 2 is 1.93 bits per heavy atom. The minimum Gasteiger partial charge on any atom is -0.497 e. The van der Waals surface area contributed by atoms with Crippen molar-refractivity contribution in [2.45, 2.75) is 29.8 Å². The minimum atomic E-state index is -3.53. The summed E-state index contributed by atoms with van der Waals surface area (Å²) < 4.78 is 33.2. The number of anilines is 1. The van der Waals surface area contributed by atoms with Gasteiger partial charge in [-0.05, 0) is 43.0 Å². The van der Waals surface area contributed by atoms with Gasteiger partial charge in [0.25, 0.3) is 0 Å². The maximum Gasteiger partial charge on any atom is 0.246 e. The molecule has 0 aliphatic carbocycles. The Labute approximate surface area is 159 Å². The molecule has 0 amide bonds. The second kappa shape index (κ2) is 7.10. The predicted octanol–water partition coefficient (Wildman–Crippen LogP) is 1.83. The van der Waals surface area contributed by atoms with E-state index in [0.717, 1.165) is 44.6 Å². The van der Waals surface area contributed by atoms with Crippen LogP contribution >= 0.6 is 0 Å². The number of pyridine rings is 1. The van der Waals surface area contributed by atoms with Gasteiger partial charge in [0, 0.05) is 32.0 Å². The smallest absolute Gasteiger partial charge is 0.246 e. The molecule has 0 atom stereocenters. The van der Waals surface area contributed by atoms with Crippen LogP contribution in [-0.4, -0.2) is 50.7 Å². The summed E-state index contributed by atoms with van der Waals surface area (Å²) in [5.74, 6) is 0.866. The van der Waals surface area contributed by atoms with E-state index in [1.807, 2.05) is 12.1 Å². The van der Waals surface area contributed by atoms with Crippen LogP contribution in [-0.2, 0) is 16.4 Å². The first-order valence-electron chi connectivity index (χ1n) is 9.11. The summed E-state index contributed by atoms with van der Waals surface area (Å²) in [7, 11) is -1.87. The maximum absolute atomic E-state index is 12.6. The first kappa shape index (κ1) is 18.2. The van der Waals surface area contributed by atoms with E-state index >= 15 is 0 Å². The van der Waals surface area contributed by atoms with Crippen molar-refractivity contribution in [3.8, 4) is 5.75 Å². The summed E-state index contributed by atoms with van der Waals surface area (Å²) in [4.78, 5) is 6.53. The van der Waals surface area contributed by atoms with Crippen molar-refractivity contribution in [1.29, 1.82) is 0 Å². The van der Waals surface area contributed by atoms with Crippen molar-refractivity contribution in [1.82, 2.24) is 14.6 Å². The van der Waals surface area contributed by atoms with Crippen molar-refractivity contribution in [2.24, 2.45) is 0 Å². The molecule has 8 heteroatoms. The topological polar surface area (TPSA) is 83.6 Å². The van der Waals surface area contributed by atoms with E-state index in [1.165, 1.54) is 11.8 Å². The van der Waals surface area contributed by atoms with Crippen LogP contribution in [0.15, 0.2) is 47.6 Å². The van der Waals surface area contributed by atoms with Crippen molar-refractivity contribution in [2.75, 3.05) is 32.1 Å². The number of benzene rings is 1. The van der Waals surface area contributed by atoms with Crippen LogP contribution in [0, 0.1) is 0 Å². The van der Waals surface area contributed by atoms with Crippen LogP contribution in [0.2, 0.25) is 0 Å². The van der Waals surface area contributed by atoms with Crippen LogP contribution in [0.3, 0.4) is 0 Å². The van der Waals surface area contributed by atoms with Gasteiger partial charge in [-0.15, -0.1) is 0 Å². The third-order valence-corrected chi connectivity index (χ3v) is 6.93. The summed E-state index contributed by atoms with van der Waals surface area (Å²) in [6.45, 7) is 2.63. The summed E-state index contributed by atoms with van der Waals surface area (Å²) in [6, 6.07) is 9.87. The average molecular weight is 388 g/mol. The van der Waals surface area contributed by atoms with Crippen LogP contribution < -0.4 is 14.8 Å². The Bertz CT molecular complexity index is 907. The molecule has 0 bridgehead atoms. The standard InChI is InChI=1S/C19H24N4O3S/c1-26-16-4-2-15(3-5-16)7-11-23-12-8-19(9-13-23)21-17-6-10-20-14-18(17)27(24,25)22-19/h2-6,10,14,21-22H,7-9,11-13H2,1H3. The third kappa shape index (κ3) is 3.78. The second-order valence-corrected chi connectivity index (χ2v) is 8.77. The highest BCUT2D eigenvalue weighted by atomic mass is 32.2. The van der Waals surface area contributed by atoms with Crippen LogP contribution in [0.1, 0.15) is 18.4 Å². The molecule has 2 N–H and O–H groups in total. The van der Waals surface area contributed by atoms with E-state index in [2.05, 4.69) is 32.1 Å². The molecule has 2 aliphatic rings. The Morgan fingerprint density at radius 1 is 1.19 bits per heavy atom. The number of ether oxygens (including phenoxy) is 1. The maximum atomic E-state index is 12.6. The lowest BCUT2D eigenvalue weighted by Crippen LogP contribution is -2.62. The molecule has 2 aliphatic heterocycles. The normalized spacial score (nSPS) is 20.6. The number of hydrogen-bond acceptors (Lipinski definition) is 6. The van der Waals surface area contributed by atoms with Gasteiger partial charge >= 0.3 is 0 Å². The number of likely N-dealkylation sites (tertiary alicyclic amines) is 1. The van der Waals surface area contributed by atoms with Gasteiger partial charge in [-0.3, -0.25) is 4.98 Å². The monoisotopic (exact) mass is 388 g/mol. The van der Waals surface area contributed by atoms with Crippen LogP contribution in [0.25, 0.3) is 0 Å². The molecular formula is C19H24N4O3S. The lowest BCUT2D eigenvalue weighted by atomic mass is 9.96. The Hall–Kier alpha value is -2.16. The van der Waals surface area contributed by atoms with Gasteiger partial charge < -0.3 is 15.0 Å². The number of nitrogens with zero attached hydrogens (tertiary/aromatic N) is 2. The molecule has 0 unspecified atom stereocenters. The number of methoxy groups -OCH3 is 1. The zero-order valence-corrected chi connectivity index (χ0v) is 16.1. The molecule has 1 spiro atoms. The van der Waals surface area contributed by atoms with Gasteiger partial charge in [-0.1, -0.05) is 12.1 Å². The fraction of sp³-hybridized carbons (Fsp3) is 0.421. The lowest BCUT2D eigenvalue weighted by Gasteiger charge is -2.45. The minimum absolute atomic E-state index is 0.220. The fourth-order valence-electron chi connectivity index (χ4n) is 3.76. The van der Waals surface area contributed by atoms with E-state index < -0.39 is 15.7 Å². The van der Waals surface area contributed by atoms with E-state index in [4.69, 9.17) is 4.74 Å². The van der Waals surface area contributed by atoms with Gasteiger partial charge in [0.2, 0.25) is 10.0 Å². The Morgan fingerprint density at radius 3 is 2.63 bits per heavy atom. The molecule has 0 radical (unpaired) electrons. The van der Waals surface area contributed by atoms with Crippen molar-refractivity contribution in [3.63, 3.8) is 0 Å². The molecule has 4 rings (SSSR count). The molecule has 1 aromatic carbocycles. The first-order chi connectivity index (χ1) is 13.0. The lowest BCUT2D eigenvalue weighted by molar-refractivity contribution is 0.166. The molecule has 1 saturated heterocycles. The van der Waals surface area contributed by atoms with E-state index in [1.54, 1.807) is 19.4 Å². The van der Waals surface area contributed by atoms with Gasteiger partial charge in [-0.25, -0.2) is 8.42 Å². The van der Waals surface area contributed by atoms with Gasteiger partial charge in [0.05, 0.1) is 12.8 Å². The number of hydrogen-bond donors (Lipinski definition) is 2. The third-order valence-electron chi connectivity index (χ3n) is 5.36. The zero-order chi connectivity index (χ0) is 18.9. The van der Waals surface area contributed by atoms with Gasteiger partial charge in [0.1, 0.15) is 16.3 Å². The van der Waals surface area contributed by atoms with Crippen LogP contribution in [0.4, 0.5) is 5.69 Å². The summed E-state index contributed by atoms with van der Waals surface area (Å²) >= 11 is 0. The van der Waals surface area contributed by atoms with Crippen molar-refractivity contribution in [3.05, 3.63) is 48.3 Å². The summed E-state index contributed by atoms with van der Waals surface area (Å²) in [6.07, 6.45) is 5.41. The number of piperidine rings is 1. The average Bonchev–Trinajstić information content (AvgIpc) is 2.67. The zero-order valence-electron chi connectivity index (χ0n) is 15.3. The molecule has 3 heterocycles. The van der Waals surface area contributed by atoms with E-state index in [0.29, 0.717) is 5.69 Å². The van der Waals surface area contributed by atoms with Gasteiger partial charge in [-0.2, -0.15) is 4.72 Å². The first-order valence-corrected chi connectivity index (χ1v) is 10.6. The number of nitrogens with one attached hydrogen (secondary N) is 2. The molecular weight excluding hydrogens is 364 g/mol. The predicted molar refractivity (Wildman–Crippen MR) is 103 cm³/mol. The SMILES string of the molecule is COc1ccc(CCN2CCC3(CC2)Nc2ccncc2S(=O)(=O)N3)cc1. The highest BCUT2D eigenvalue weighted by molar-refractivity contribution is 7.89. The van der Waals surface area contributed by atoms with E-state index in [-0.39, 0.29) is 4.90 Å². The molecule has 0 saturated carbocycles. The quantitative estimate of drug-likeness (QED) is 0.831. The summed E-state index contributed by atoms with van der Waals surface area (Å²) in [5.41, 5.74) is 1.30. The molecule has 1 aromatic heterocycles. The van der Waals surface area contributed by atoms with Gasteiger partial charge in [0.15, 0.2) is 0 Å². The highest BCUT2D eigenvalue weighted by Gasteiger charge is 2.43. The largest absolute Gasteiger partial charge is 0.497 e. The molecule has 27 heavy (non-hydrogen) atoms. The molecule has 7 nitrogen and oxygen atoms in total. The van der Waals surface area contributed by atoms with Crippen molar-refractivity contribution >= 4 is 15.7 Å². The number of fused-ring (bicyclic) bond motifs is 1. The number of aromatic nitrogens is 1. The highest BCUT2D eigenvalue weighted by Crippen LogP contribution is 2.34. The molecule has 1 fully saturated rings. The summed E-state index contributed by atoms with van der Waals surface area (Å²) in [5, 5.41) is 3.40. The van der Waals surface area contributed by atoms with Crippen LogP contribution in [0.5, 0.6) is 5.75 Å².